The van der Waals surface area contributed by atoms with Gasteiger partial charge in [0.1, 0.15) is 15.6 Å². The third-order valence-electron chi connectivity index (χ3n) is 3.62. The molecule has 0 radical (unpaired) electrons. The maximum atomic E-state index is 11.4. The van der Waals surface area contributed by atoms with Crippen molar-refractivity contribution in [3.63, 3.8) is 0 Å². The van der Waals surface area contributed by atoms with Gasteiger partial charge in [-0.15, -0.1) is 0 Å². The number of sulfone groups is 1. The van der Waals surface area contributed by atoms with Gasteiger partial charge in [0.05, 0.1) is 23.4 Å². The van der Waals surface area contributed by atoms with E-state index in [0.717, 1.165) is 27.6 Å². The highest BCUT2D eigenvalue weighted by Crippen LogP contribution is 2.29. The van der Waals surface area contributed by atoms with E-state index in [4.69, 9.17) is 4.74 Å². The molecule has 3 aromatic rings. The Morgan fingerprint density at radius 3 is 2.52 bits per heavy atom. The molecule has 0 saturated carbocycles. The molecule has 0 aliphatic heterocycles. The molecule has 0 unspecified atom stereocenters. The average molecular weight is 377 g/mol. The number of fused-ring (bicyclic) bond motifs is 1. The number of hydrogen-bond acceptors (Lipinski definition) is 5. The van der Waals surface area contributed by atoms with Gasteiger partial charge in [-0.25, -0.2) is 13.4 Å². The number of aromatic nitrogens is 2. The molecule has 3 rings (SSSR count). The maximum absolute atomic E-state index is 11.4. The Morgan fingerprint density at radius 2 is 1.84 bits per heavy atom. The van der Waals surface area contributed by atoms with Crippen molar-refractivity contribution in [1.82, 2.24) is 9.55 Å². The molecule has 0 atom stereocenters. The molecule has 1 heterocycles. The Hall–Kier alpha value is -1.99. The van der Waals surface area contributed by atoms with E-state index in [1.54, 1.807) is 0 Å². The number of rotatable bonds is 7. The number of ether oxygens (including phenoxy) is 1. The second-order valence-corrected chi connectivity index (χ2v) is 8.95. The molecule has 25 heavy (non-hydrogen) atoms. The van der Waals surface area contributed by atoms with Gasteiger partial charge in [0, 0.05) is 17.7 Å². The summed E-state index contributed by atoms with van der Waals surface area (Å²) in [5.74, 6) is 1.42. The largest absolute Gasteiger partial charge is 0.494 e. The zero-order valence-corrected chi connectivity index (χ0v) is 15.8. The van der Waals surface area contributed by atoms with Crippen LogP contribution >= 0.6 is 11.8 Å². The first kappa shape index (κ1) is 17.8. The number of imidazole rings is 1. The van der Waals surface area contributed by atoms with Gasteiger partial charge in [0.15, 0.2) is 5.16 Å². The van der Waals surface area contributed by atoms with E-state index in [1.165, 1.54) is 18.0 Å². The summed E-state index contributed by atoms with van der Waals surface area (Å²) < 4.78 is 30.3. The van der Waals surface area contributed by atoms with Crippen LogP contribution in [0.15, 0.2) is 53.7 Å². The van der Waals surface area contributed by atoms with Crippen LogP contribution in [0.1, 0.15) is 6.92 Å². The van der Waals surface area contributed by atoms with Gasteiger partial charge < -0.3 is 4.74 Å². The van der Waals surface area contributed by atoms with E-state index in [1.807, 2.05) is 55.5 Å². The van der Waals surface area contributed by atoms with E-state index >= 15 is 0 Å². The highest BCUT2D eigenvalue weighted by Gasteiger charge is 2.14. The fraction of sp³-hybridized carbons (Fsp3) is 0.278. The van der Waals surface area contributed by atoms with Crippen LogP contribution in [0, 0.1) is 0 Å². The molecule has 5 nitrogen and oxygen atoms in total. The van der Waals surface area contributed by atoms with Crippen molar-refractivity contribution in [2.45, 2.75) is 12.1 Å². The molecule has 0 N–H and O–H groups in total. The van der Waals surface area contributed by atoms with Crippen molar-refractivity contribution in [3.05, 3.63) is 48.5 Å². The zero-order chi connectivity index (χ0) is 17.9. The Bertz CT molecular complexity index is 964. The molecular weight excluding hydrogens is 356 g/mol. The predicted molar refractivity (Wildman–Crippen MR) is 103 cm³/mol. The lowest BCUT2D eigenvalue weighted by molar-refractivity contribution is 0.340. The zero-order valence-electron chi connectivity index (χ0n) is 14.2. The lowest BCUT2D eigenvalue weighted by atomic mass is 10.2. The summed E-state index contributed by atoms with van der Waals surface area (Å²) in [5.41, 5.74) is 2.85. The minimum Gasteiger partial charge on any atom is -0.494 e. The van der Waals surface area contributed by atoms with Crippen LogP contribution in [0.5, 0.6) is 5.75 Å². The van der Waals surface area contributed by atoms with Crippen LogP contribution in [0.2, 0.25) is 0 Å². The normalized spacial score (nSPS) is 11.8. The highest BCUT2D eigenvalue weighted by molar-refractivity contribution is 8.00. The van der Waals surface area contributed by atoms with Crippen molar-refractivity contribution < 1.29 is 13.2 Å². The molecule has 7 heteroatoms. The third kappa shape index (κ3) is 4.35. The van der Waals surface area contributed by atoms with Gasteiger partial charge in [-0.05, 0) is 43.3 Å². The van der Waals surface area contributed by atoms with Crippen LogP contribution < -0.4 is 4.74 Å². The summed E-state index contributed by atoms with van der Waals surface area (Å²) in [6.07, 6.45) is 1.25. The Balaban J connectivity index is 1.98. The molecule has 2 aromatic carbocycles. The van der Waals surface area contributed by atoms with Crippen LogP contribution in [0.4, 0.5) is 0 Å². The summed E-state index contributed by atoms with van der Waals surface area (Å²) >= 11 is 1.45. The summed E-state index contributed by atoms with van der Waals surface area (Å²) in [4.78, 5) is 4.67. The minimum atomic E-state index is -2.99. The molecule has 0 spiro atoms. The van der Waals surface area contributed by atoms with Gasteiger partial charge in [0.2, 0.25) is 0 Å². The number of benzene rings is 2. The van der Waals surface area contributed by atoms with Crippen LogP contribution in [0.3, 0.4) is 0 Å². The lowest BCUT2D eigenvalue weighted by Crippen LogP contribution is -2.06. The molecule has 0 aliphatic carbocycles. The van der Waals surface area contributed by atoms with E-state index < -0.39 is 9.84 Å². The fourth-order valence-corrected chi connectivity index (χ4v) is 4.72. The van der Waals surface area contributed by atoms with Gasteiger partial charge in [-0.1, -0.05) is 23.9 Å². The topological polar surface area (TPSA) is 61.2 Å². The highest BCUT2D eigenvalue weighted by atomic mass is 32.2. The Kier molecular flexibility index (Phi) is 5.34. The van der Waals surface area contributed by atoms with Crippen molar-refractivity contribution in [1.29, 1.82) is 0 Å². The molecule has 0 saturated heterocycles. The molecule has 0 aliphatic rings. The van der Waals surface area contributed by atoms with Gasteiger partial charge in [-0.3, -0.25) is 4.57 Å². The Labute approximate surface area is 151 Å². The molecule has 0 fully saturated rings. The fourth-order valence-electron chi connectivity index (χ4n) is 2.49. The summed E-state index contributed by atoms with van der Waals surface area (Å²) in [6.45, 7) is 2.58. The summed E-state index contributed by atoms with van der Waals surface area (Å²) in [5, 5.41) is 0.786. The van der Waals surface area contributed by atoms with E-state index in [-0.39, 0.29) is 5.75 Å². The Morgan fingerprint density at radius 1 is 1.12 bits per heavy atom. The molecule has 1 aromatic heterocycles. The van der Waals surface area contributed by atoms with E-state index in [0.29, 0.717) is 12.4 Å². The van der Waals surface area contributed by atoms with Crippen LogP contribution in [-0.4, -0.2) is 42.3 Å². The molecule has 0 amide bonds. The van der Waals surface area contributed by atoms with Gasteiger partial charge in [-0.2, -0.15) is 0 Å². The van der Waals surface area contributed by atoms with Crippen molar-refractivity contribution in [2.24, 2.45) is 0 Å². The first-order chi connectivity index (χ1) is 12.0. The third-order valence-corrected chi connectivity index (χ3v) is 5.77. The number of thioether (sulfide) groups is 1. The van der Waals surface area contributed by atoms with Gasteiger partial charge >= 0.3 is 0 Å². The van der Waals surface area contributed by atoms with Crippen molar-refractivity contribution >= 4 is 32.6 Å². The number of hydrogen-bond donors (Lipinski definition) is 0. The second-order valence-electron chi connectivity index (χ2n) is 5.62. The van der Waals surface area contributed by atoms with E-state index in [2.05, 4.69) is 9.55 Å². The van der Waals surface area contributed by atoms with Crippen molar-refractivity contribution in [2.75, 3.05) is 24.4 Å². The average Bonchev–Trinajstić information content (AvgIpc) is 2.93. The van der Waals surface area contributed by atoms with Crippen LogP contribution in [0.25, 0.3) is 16.7 Å². The number of para-hydroxylation sites is 2. The smallest absolute Gasteiger partial charge is 0.173 e. The first-order valence-corrected chi connectivity index (χ1v) is 11.0. The molecular formula is C18H20N2O3S2. The minimum absolute atomic E-state index is 0.129. The second kappa shape index (κ2) is 7.49. The maximum Gasteiger partial charge on any atom is 0.173 e. The van der Waals surface area contributed by atoms with Crippen LogP contribution in [-0.2, 0) is 9.84 Å². The quantitative estimate of drug-likeness (QED) is 0.590. The van der Waals surface area contributed by atoms with Gasteiger partial charge in [0.25, 0.3) is 0 Å². The number of nitrogens with zero attached hydrogens (tertiary/aromatic N) is 2. The van der Waals surface area contributed by atoms with Crippen molar-refractivity contribution in [3.8, 4) is 11.4 Å². The molecule has 0 bridgehead atoms. The monoisotopic (exact) mass is 376 g/mol. The predicted octanol–water partition coefficient (Wildman–Crippen LogP) is 3.56. The van der Waals surface area contributed by atoms with E-state index in [9.17, 15) is 8.42 Å². The SMILES string of the molecule is CCOc1ccc(-n2c(SCCS(C)(=O)=O)nc3ccccc32)cc1. The summed E-state index contributed by atoms with van der Waals surface area (Å²) in [6, 6.07) is 15.7. The summed E-state index contributed by atoms with van der Waals surface area (Å²) in [7, 11) is -2.99. The molecule has 132 valence electrons. The first-order valence-electron chi connectivity index (χ1n) is 7.99. The lowest BCUT2D eigenvalue weighted by Gasteiger charge is -2.10. The standard InChI is InChI=1S/C18H20N2O3S2/c1-3-23-15-10-8-14(9-11-15)20-17-7-5-4-6-16(17)19-18(20)24-12-13-25(2,21)22/h4-11H,3,12-13H2,1-2H3.